The number of carbonyl (C=O) groups is 1. The molecule has 0 saturated carbocycles. The zero-order chi connectivity index (χ0) is 14.1. The molecule has 1 heterocycles. The second-order valence-electron chi connectivity index (χ2n) is 4.45. The van der Waals surface area contributed by atoms with Crippen LogP contribution in [0.3, 0.4) is 0 Å². The van der Waals surface area contributed by atoms with Gasteiger partial charge in [0.15, 0.2) is 11.4 Å². The quantitative estimate of drug-likeness (QED) is 0.662. The van der Waals surface area contributed by atoms with Gasteiger partial charge in [-0.3, -0.25) is 4.79 Å². The largest absolute Gasteiger partial charge is 0.436 e. The van der Waals surface area contributed by atoms with E-state index in [4.69, 9.17) is 9.68 Å². The summed E-state index contributed by atoms with van der Waals surface area (Å²) in [6.07, 6.45) is 0. The molecule has 1 aromatic heterocycles. The molecule has 0 aliphatic heterocycles. The first-order chi connectivity index (χ1) is 9.67. The van der Waals surface area contributed by atoms with Gasteiger partial charge in [-0.15, -0.1) is 0 Å². The van der Waals surface area contributed by atoms with Crippen LogP contribution >= 0.6 is 0 Å². The average Bonchev–Trinajstić information content (AvgIpc) is 2.90. The predicted octanol–water partition coefficient (Wildman–Crippen LogP) is 3.57. The van der Waals surface area contributed by atoms with Crippen molar-refractivity contribution in [3.8, 4) is 17.5 Å². The molecule has 4 heteroatoms. The van der Waals surface area contributed by atoms with E-state index in [0.29, 0.717) is 28.1 Å². The fraction of sp³-hybridized carbons (Fsp3) is 0.0625. The van der Waals surface area contributed by atoms with Crippen molar-refractivity contribution in [3.05, 3.63) is 53.6 Å². The van der Waals surface area contributed by atoms with Gasteiger partial charge in [0.2, 0.25) is 5.89 Å². The smallest absolute Gasteiger partial charge is 0.227 e. The van der Waals surface area contributed by atoms with Crippen molar-refractivity contribution in [1.82, 2.24) is 4.98 Å². The maximum absolute atomic E-state index is 11.4. The fourth-order valence-electron chi connectivity index (χ4n) is 1.99. The zero-order valence-electron chi connectivity index (χ0n) is 10.8. The van der Waals surface area contributed by atoms with E-state index in [1.54, 1.807) is 36.4 Å². The zero-order valence-corrected chi connectivity index (χ0v) is 10.8. The second kappa shape index (κ2) is 4.63. The van der Waals surface area contributed by atoms with Gasteiger partial charge in [0.25, 0.3) is 0 Å². The van der Waals surface area contributed by atoms with Gasteiger partial charge in [0.1, 0.15) is 5.52 Å². The molecule has 0 spiro atoms. The number of hydrogen-bond donors (Lipinski definition) is 0. The lowest BCUT2D eigenvalue weighted by atomic mass is 10.1. The van der Waals surface area contributed by atoms with Crippen LogP contribution in [0, 0.1) is 11.3 Å². The summed E-state index contributed by atoms with van der Waals surface area (Å²) >= 11 is 0. The summed E-state index contributed by atoms with van der Waals surface area (Å²) in [5.74, 6) is 0.425. The summed E-state index contributed by atoms with van der Waals surface area (Å²) in [5, 5.41) is 8.91. The molecule has 0 radical (unpaired) electrons. The third kappa shape index (κ3) is 2.06. The van der Waals surface area contributed by atoms with Gasteiger partial charge < -0.3 is 4.42 Å². The predicted molar refractivity (Wildman–Crippen MR) is 74.2 cm³/mol. The van der Waals surface area contributed by atoms with Crippen LogP contribution in [-0.4, -0.2) is 10.8 Å². The summed E-state index contributed by atoms with van der Waals surface area (Å²) in [7, 11) is 0. The van der Waals surface area contributed by atoms with E-state index >= 15 is 0 Å². The standard InChI is InChI=1S/C16H10N2O2/c1-10(19)12-5-6-14-15(8-12)20-16(18-14)13-4-2-3-11(7-13)9-17/h2-8H,1H3. The van der Waals surface area contributed by atoms with Gasteiger partial charge in [-0.05, 0) is 43.3 Å². The van der Waals surface area contributed by atoms with Crippen molar-refractivity contribution in [2.45, 2.75) is 6.92 Å². The minimum absolute atomic E-state index is 0.0173. The van der Waals surface area contributed by atoms with Crippen molar-refractivity contribution in [3.63, 3.8) is 0 Å². The number of nitrogens with zero attached hydrogens (tertiary/aromatic N) is 2. The maximum atomic E-state index is 11.4. The van der Waals surface area contributed by atoms with Crippen LogP contribution in [0.4, 0.5) is 0 Å². The van der Waals surface area contributed by atoms with E-state index in [9.17, 15) is 4.79 Å². The number of nitriles is 1. The van der Waals surface area contributed by atoms with Crippen molar-refractivity contribution in [2.24, 2.45) is 0 Å². The minimum atomic E-state index is -0.0173. The van der Waals surface area contributed by atoms with Crippen LogP contribution in [0.1, 0.15) is 22.8 Å². The Kier molecular flexibility index (Phi) is 2.81. The Labute approximate surface area is 115 Å². The molecular weight excluding hydrogens is 252 g/mol. The third-order valence-electron chi connectivity index (χ3n) is 3.03. The highest BCUT2D eigenvalue weighted by Crippen LogP contribution is 2.25. The van der Waals surface area contributed by atoms with Crippen LogP contribution < -0.4 is 0 Å². The Balaban J connectivity index is 2.13. The normalized spacial score (nSPS) is 10.4. The van der Waals surface area contributed by atoms with Crippen LogP contribution in [0.15, 0.2) is 46.9 Å². The molecule has 0 aliphatic carbocycles. The van der Waals surface area contributed by atoms with Gasteiger partial charge in [-0.1, -0.05) is 6.07 Å². The highest BCUT2D eigenvalue weighted by molar-refractivity contribution is 5.97. The number of fused-ring (bicyclic) bond motifs is 1. The Morgan fingerprint density at radius 2 is 2.10 bits per heavy atom. The summed E-state index contributed by atoms with van der Waals surface area (Å²) in [5.41, 5.74) is 3.13. The lowest BCUT2D eigenvalue weighted by Crippen LogP contribution is -1.89. The Morgan fingerprint density at radius 3 is 2.85 bits per heavy atom. The van der Waals surface area contributed by atoms with Gasteiger partial charge in [0.05, 0.1) is 11.6 Å². The summed E-state index contributed by atoms with van der Waals surface area (Å²) in [6.45, 7) is 1.51. The first kappa shape index (κ1) is 12.1. The number of hydrogen-bond acceptors (Lipinski definition) is 4. The molecule has 4 nitrogen and oxygen atoms in total. The van der Waals surface area contributed by atoms with Crippen molar-refractivity contribution in [1.29, 1.82) is 5.26 Å². The third-order valence-corrected chi connectivity index (χ3v) is 3.03. The molecule has 0 saturated heterocycles. The van der Waals surface area contributed by atoms with Crippen molar-refractivity contribution in [2.75, 3.05) is 0 Å². The van der Waals surface area contributed by atoms with E-state index in [-0.39, 0.29) is 5.78 Å². The monoisotopic (exact) mass is 262 g/mol. The average molecular weight is 262 g/mol. The van der Waals surface area contributed by atoms with Crippen LogP contribution in [0.2, 0.25) is 0 Å². The molecule has 3 rings (SSSR count). The number of rotatable bonds is 2. The molecule has 20 heavy (non-hydrogen) atoms. The molecule has 0 amide bonds. The topological polar surface area (TPSA) is 66.9 Å². The van der Waals surface area contributed by atoms with Gasteiger partial charge in [-0.2, -0.15) is 5.26 Å². The summed E-state index contributed by atoms with van der Waals surface area (Å²) in [4.78, 5) is 15.7. The lowest BCUT2D eigenvalue weighted by Gasteiger charge is -1.94. The van der Waals surface area contributed by atoms with E-state index < -0.39 is 0 Å². The first-order valence-corrected chi connectivity index (χ1v) is 6.09. The van der Waals surface area contributed by atoms with Crippen LogP contribution in [0.5, 0.6) is 0 Å². The summed E-state index contributed by atoms with van der Waals surface area (Å²) in [6, 6.07) is 14.3. The number of Topliss-reactive ketones (excluding diaryl/α,β-unsaturated/α-hetero) is 1. The number of oxazole rings is 1. The SMILES string of the molecule is CC(=O)c1ccc2nc(-c3cccc(C#N)c3)oc2c1. The fourth-order valence-corrected chi connectivity index (χ4v) is 1.99. The molecule has 0 aliphatic rings. The minimum Gasteiger partial charge on any atom is -0.436 e. The molecule has 3 aromatic rings. The van der Waals surface area contributed by atoms with Crippen LogP contribution in [0.25, 0.3) is 22.6 Å². The summed E-state index contributed by atoms with van der Waals surface area (Å²) < 4.78 is 5.67. The van der Waals surface area contributed by atoms with E-state index in [1.165, 1.54) is 6.92 Å². The Hall–Kier alpha value is -2.93. The molecule has 96 valence electrons. The highest BCUT2D eigenvalue weighted by atomic mass is 16.3. The van der Waals surface area contributed by atoms with Gasteiger partial charge in [-0.25, -0.2) is 4.98 Å². The number of ketones is 1. The molecule has 0 fully saturated rings. The van der Waals surface area contributed by atoms with E-state index in [0.717, 1.165) is 5.56 Å². The second-order valence-corrected chi connectivity index (χ2v) is 4.45. The molecule has 0 N–H and O–H groups in total. The number of aromatic nitrogens is 1. The Bertz CT molecular complexity index is 856. The molecule has 0 atom stereocenters. The van der Waals surface area contributed by atoms with Gasteiger partial charge >= 0.3 is 0 Å². The van der Waals surface area contributed by atoms with Crippen molar-refractivity contribution >= 4 is 16.9 Å². The number of carbonyl (C=O) groups excluding carboxylic acids is 1. The van der Waals surface area contributed by atoms with Crippen LogP contribution in [-0.2, 0) is 0 Å². The molecule has 2 aromatic carbocycles. The number of benzene rings is 2. The highest BCUT2D eigenvalue weighted by Gasteiger charge is 2.10. The molecular formula is C16H10N2O2. The molecule has 0 bridgehead atoms. The van der Waals surface area contributed by atoms with Gasteiger partial charge in [0, 0.05) is 11.1 Å². The maximum Gasteiger partial charge on any atom is 0.227 e. The van der Waals surface area contributed by atoms with E-state index in [2.05, 4.69) is 11.1 Å². The lowest BCUT2D eigenvalue weighted by molar-refractivity contribution is 0.101. The Morgan fingerprint density at radius 1 is 1.25 bits per heavy atom. The first-order valence-electron chi connectivity index (χ1n) is 6.09. The van der Waals surface area contributed by atoms with Crippen molar-refractivity contribution < 1.29 is 9.21 Å². The van der Waals surface area contributed by atoms with E-state index in [1.807, 2.05) is 6.07 Å². The molecule has 0 unspecified atom stereocenters.